The summed E-state index contributed by atoms with van der Waals surface area (Å²) in [6.07, 6.45) is 0. The lowest BCUT2D eigenvalue weighted by Gasteiger charge is -2.12. The molecule has 0 aliphatic carbocycles. The van der Waals surface area contributed by atoms with Gasteiger partial charge >= 0.3 is 5.97 Å². The second-order valence-electron chi connectivity index (χ2n) is 4.49. The molecule has 0 atom stereocenters. The van der Waals surface area contributed by atoms with Crippen LogP contribution in [0.2, 0.25) is 0 Å². The molecule has 0 bridgehead atoms. The van der Waals surface area contributed by atoms with Crippen LogP contribution in [0.25, 0.3) is 0 Å². The van der Waals surface area contributed by atoms with Gasteiger partial charge in [-0.25, -0.2) is 4.79 Å². The fourth-order valence-corrected chi connectivity index (χ4v) is 3.64. The van der Waals surface area contributed by atoms with E-state index in [1.54, 1.807) is 23.5 Å². The predicted octanol–water partition coefficient (Wildman–Crippen LogP) is 2.74. The van der Waals surface area contributed by atoms with E-state index >= 15 is 0 Å². The van der Waals surface area contributed by atoms with E-state index in [0.29, 0.717) is 10.8 Å². The maximum absolute atomic E-state index is 12.0. The molecule has 2 amide bonds. The Bertz CT molecular complexity index is 692. The number of hydrogen-bond donors (Lipinski definition) is 0. The lowest BCUT2D eigenvalue weighted by Crippen LogP contribution is -2.33. The molecule has 0 spiro atoms. The molecule has 112 valence electrons. The molecule has 1 aliphatic rings. The lowest BCUT2D eigenvalue weighted by atomic mass is 10.1. The van der Waals surface area contributed by atoms with Crippen molar-refractivity contribution in [3.05, 3.63) is 57.8 Å². The number of rotatable bonds is 5. The normalized spacial score (nSPS) is 13.4. The molecule has 1 aliphatic heterocycles. The first kappa shape index (κ1) is 14.8. The number of carbonyl (C=O) groups excluding carboxylic acids is 3. The summed E-state index contributed by atoms with van der Waals surface area (Å²) in [4.78, 5) is 41.9. The standard InChI is InChI=1S/C15H11NO4S2/c17-13(9-21-8-10-4-3-7-22-10)20-16-14(18)11-5-1-2-6-12(11)15(16)19/h1-7H,8-9H2. The number of hydroxylamine groups is 2. The summed E-state index contributed by atoms with van der Waals surface area (Å²) in [6.45, 7) is 0. The quantitative estimate of drug-likeness (QED) is 0.787. The zero-order valence-corrected chi connectivity index (χ0v) is 13.0. The third-order valence-corrected chi connectivity index (χ3v) is 5.01. The number of hydrogen-bond acceptors (Lipinski definition) is 6. The van der Waals surface area contributed by atoms with Gasteiger partial charge in [-0.3, -0.25) is 9.59 Å². The molecule has 0 saturated carbocycles. The second kappa shape index (κ2) is 6.33. The van der Waals surface area contributed by atoms with E-state index in [0.717, 1.165) is 4.88 Å². The summed E-state index contributed by atoms with van der Waals surface area (Å²) in [5.41, 5.74) is 0.512. The van der Waals surface area contributed by atoms with Crippen molar-refractivity contribution in [2.24, 2.45) is 0 Å². The average molecular weight is 333 g/mol. The van der Waals surface area contributed by atoms with Gasteiger partial charge in [0, 0.05) is 10.6 Å². The number of nitrogens with zero attached hydrogens (tertiary/aromatic N) is 1. The number of thioether (sulfide) groups is 1. The lowest BCUT2D eigenvalue weighted by molar-refractivity contribution is -0.165. The summed E-state index contributed by atoms with van der Waals surface area (Å²) in [5.74, 6) is -1.05. The Morgan fingerprint density at radius 2 is 1.77 bits per heavy atom. The van der Waals surface area contributed by atoms with Crippen LogP contribution in [0.3, 0.4) is 0 Å². The smallest absolute Gasteiger partial charge is 0.329 e. The van der Waals surface area contributed by atoms with Crippen molar-refractivity contribution < 1.29 is 19.2 Å². The summed E-state index contributed by atoms with van der Waals surface area (Å²) in [7, 11) is 0. The Balaban J connectivity index is 1.56. The van der Waals surface area contributed by atoms with E-state index in [1.165, 1.54) is 23.9 Å². The molecule has 2 aromatic rings. The molecule has 1 aromatic carbocycles. The zero-order valence-electron chi connectivity index (χ0n) is 11.4. The molecule has 0 fully saturated rings. The molecule has 22 heavy (non-hydrogen) atoms. The SMILES string of the molecule is O=C(CSCc1cccs1)ON1C(=O)c2ccccc2C1=O. The molecule has 0 radical (unpaired) electrons. The molecule has 0 saturated heterocycles. The number of amides is 2. The summed E-state index contributed by atoms with van der Waals surface area (Å²) in [6, 6.07) is 10.3. The van der Waals surface area contributed by atoms with E-state index in [-0.39, 0.29) is 16.9 Å². The van der Waals surface area contributed by atoms with Crippen LogP contribution in [0.4, 0.5) is 0 Å². The monoisotopic (exact) mass is 333 g/mol. The minimum atomic E-state index is -0.615. The van der Waals surface area contributed by atoms with E-state index in [2.05, 4.69) is 0 Å². The predicted molar refractivity (Wildman–Crippen MR) is 83.5 cm³/mol. The Morgan fingerprint density at radius 1 is 1.09 bits per heavy atom. The number of benzene rings is 1. The summed E-state index contributed by atoms with van der Waals surface area (Å²) in [5, 5.41) is 2.51. The van der Waals surface area contributed by atoms with Gasteiger partial charge in [0.1, 0.15) is 0 Å². The van der Waals surface area contributed by atoms with Gasteiger partial charge in [-0.1, -0.05) is 23.3 Å². The molecule has 5 nitrogen and oxygen atoms in total. The zero-order chi connectivity index (χ0) is 15.5. The summed E-state index contributed by atoms with van der Waals surface area (Å²) >= 11 is 2.98. The Kier molecular flexibility index (Phi) is 4.26. The number of fused-ring (bicyclic) bond motifs is 1. The van der Waals surface area contributed by atoms with E-state index in [1.807, 2.05) is 17.5 Å². The van der Waals surface area contributed by atoms with Gasteiger partial charge in [0.25, 0.3) is 11.8 Å². The topological polar surface area (TPSA) is 63.7 Å². The molecule has 0 N–H and O–H groups in total. The molecule has 7 heteroatoms. The van der Waals surface area contributed by atoms with Crippen molar-refractivity contribution in [1.82, 2.24) is 5.06 Å². The highest BCUT2D eigenvalue weighted by molar-refractivity contribution is 7.99. The first-order valence-electron chi connectivity index (χ1n) is 6.45. The Hall–Kier alpha value is -2.12. The molecule has 0 unspecified atom stereocenters. The highest BCUT2D eigenvalue weighted by Gasteiger charge is 2.38. The average Bonchev–Trinajstić information content (AvgIpc) is 3.11. The van der Waals surface area contributed by atoms with Crippen molar-refractivity contribution in [2.45, 2.75) is 5.75 Å². The number of imide groups is 1. The van der Waals surface area contributed by atoms with Crippen molar-refractivity contribution in [3.63, 3.8) is 0 Å². The largest absolute Gasteiger partial charge is 0.343 e. The van der Waals surface area contributed by atoms with E-state index in [9.17, 15) is 14.4 Å². The molecule has 1 aromatic heterocycles. The Morgan fingerprint density at radius 3 is 2.36 bits per heavy atom. The van der Waals surface area contributed by atoms with Crippen molar-refractivity contribution in [2.75, 3.05) is 5.75 Å². The van der Waals surface area contributed by atoms with Crippen molar-refractivity contribution in [3.8, 4) is 0 Å². The fourth-order valence-electron chi connectivity index (χ4n) is 2.01. The van der Waals surface area contributed by atoms with Crippen LogP contribution in [-0.4, -0.2) is 28.6 Å². The first-order valence-corrected chi connectivity index (χ1v) is 8.49. The maximum atomic E-state index is 12.0. The number of carbonyl (C=O) groups is 3. The Labute approximate surface area is 134 Å². The molecule has 3 rings (SSSR count). The second-order valence-corrected chi connectivity index (χ2v) is 6.50. The molecule has 2 heterocycles. The van der Waals surface area contributed by atoms with E-state index in [4.69, 9.17) is 4.84 Å². The van der Waals surface area contributed by atoms with Crippen LogP contribution in [0.1, 0.15) is 25.6 Å². The summed E-state index contributed by atoms with van der Waals surface area (Å²) < 4.78 is 0. The van der Waals surface area contributed by atoms with Gasteiger partial charge < -0.3 is 4.84 Å². The highest BCUT2D eigenvalue weighted by atomic mass is 32.2. The van der Waals surface area contributed by atoms with Crippen LogP contribution in [0.15, 0.2) is 41.8 Å². The minimum Gasteiger partial charge on any atom is -0.329 e. The van der Waals surface area contributed by atoms with Gasteiger partial charge in [0.05, 0.1) is 16.9 Å². The van der Waals surface area contributed by atoms with Crippen LogP contribution in [-0.2, 0) is 15.4 Å². The van der Waals surface area contributed by atoms with E-state index < -0.39 is 17.8 Å². The third kappa shape index (κ3) is 2.90. The highest BCUT2D eigenvalue weighted by Crippen LogP contribution is 2.23. The third-order valence-electron chi connectivity index (χ3n) is 2.99. The van der Waals surface area contributed by atoms with Crippen molar-refractivity contribution >= 4 is 40.9 Å². The van der Waals surface area contributed by atoms with Crippen molar-refractivity contribution in [1.29, 1.82) is 0 Å². The van der Waals surface area contributed by atoms with Crippen LogP contribution in [0.5, 0.6) is 0 Å². The van der Waals surface area contributed by atoms with Gasteiger partial charge in [0.2, 0.25) is 0 Å². The van der Waals surface area contributed by atoms with Gasteiger partial charge in [0.15, 0.2) is 0 Å². The molecular formula is C15H11NO4S2. The van der Waals surface area contributed by atoms with Gasteiger partial charge in [-0.15, -0.1) is 23.1 Å². The van der Waals surface area contributed by atoms with Crippen LogP contribution >= 0.6 is 23.1 Å². The minimum absolute atomic E-state index is 0.0747. The van der Waals surface area contributed by atoms with Crippen LogP contribution in [0, 0.1) is 0 Å². The molecular weight excluding hydrogens is 322 g/mol. The maximum Gasteiger partial charge on any atom is 0.343 e. The fraction of sp³-hybridized carbons (Fsp3) is 0.133. The number of thiophene rings is 1. The first-order chi connectivity index (χ1) is 10.7. The van der Waals surface area contributed by atoms with Gasteiger partial charge in [-0.2, -0.15) is 0 Å². The van der Waals surface area contributed by atoms with Gasteiger partial charge in [-0.05, 0) is 23.6 Å². The van der Waals surface area contributed by atoms with Crippen LogP contribution < -0.4 is 0 Å².